The second-order valence-electron chi connectivity index (χ2n) is 6.94. The highest BCUT2D eigenvalue weighted by Gasteiger charge is 2.27. The Hall–Kier alpha value is -2.60. The Kier molecular flexibility index (Phi) is 5.22. The summed E-state index contributed by atoms with van der Waals surface area (Å²) in [5, 5.41) is 0.474. The topological polar surface area (TPSA) is 49.9 Å². The monoisotopic (exact) mass is 402 g/mol. The predicted molar refractivity (Wildman–Crippen MR) is 106 cm³/mol. The fraction of sp³-hybridized carbons (Fsp3) is 0.333. The molecule has 0 spiro atoms. The van der Waals surface area contributed by atoms with Crippen molar-refractivity contribution in [3.05, 3.63) is 52.8 Å². The molecule has 0 unspecified atom stereocenters. The van der Waals surface area contributed by atoms with Crippen molar-refractivity contribution in [3.63, 3.8) is 0 Å². The van der Waals surface area contributed by atoms with Crippen LogP contribution in [0.2, 0.25) is 5.02 Å². The molecule has 0 bridgehead atoms. The van der Waals surface area contributed by atoms with Gasteiger partial charge in [-0.25, -0.2) is 4.39 Å². The van der Waals surface area contributed by atoms with Crippen LogP contribution in [0.1, 0.15) is 24.8 Å². The summed E-state index contributed by atoms with van der Waals surface area (Å²) in [5.74, 6) is -0.131. The van der Waals surface area contributed by atoms with Gasteiger partial charge in [-0.05, 0) is 61.2 Å². The smallest absolute Gasteiger partial charge is 0.265 e. The van der Waals surface area contributed by atoms with Crippen LogP contribution >= 0.6 is 11.6 Å². The van der Waals surface area contributed by atoms with Gasteiger partial charge in [-0.3, -0.25) is 9.59 Å². The quantitative estimate of drug-likeness (QED) is 0.777. The lowest BCUT2D eigenvalue weighted by molar-refractivity contribution is -0.120. The summed E-state index contributed by atoms with van der Waals surface area (Å²) in [6, 6.07) is 9.88. The van der Waals surface area contributed by atoms with Crippen LogP contribution in [-0.2, 0) is 16.0 Å². The molecule has 0 aromatic heterocycles. The zero-order valence-corrected chi connectivity index (χ0v) is 16.0. The van der Waals surface area contributed by atoms with E-state index in [0.717, 1.165) is 25.1 Å². The molecule has 146 valence electrons. The predicted octanol–water partition coefficient (Wildman–Crippen LogP) is 3.96. The molecule has 0 atom stereocenters. The van der Waals surface area contributed by atoms with Crippen molar-refractivity contribution in [1.82, 2.24) is 0 Å². The lowest BCUT2D eigenvalue weighted by Crippen LogP contribution is -2.39. The molecule has 28 heavy (non-hydrogen) atoms. The molecule has 0 aliphatic carbocycles. The first kappa shape index (κ1) is 18.7. The number of ether oxygens (including phenoxy) is 1. The maximum absolute atomic E-state index is 14.3. The third kappa shape index (κ3) is 3.56. The van der Waals surface area contributed by atoms with Crippen LogP contribution in [0.4, 0.5) is 15.8 Å². The van der Waals surface area contributed by atoms with Crippen LogP contribution in [0.5, 0.6) is 5.75 Å². The van der Waals surface area contributed by atoms with Crippen LogP contribution in [-0.4, -0.2) is 31.5 Å². The number of carbonyl (C=O) groups is 2. The van der Waals surface area contributed by atoms with E-state index in [0.29, 0.717) is 35.7 Å². The molecule has 0 saturated carbocycles. The Labute approximate surface area is 167 Å². The van der Waals surface area contributed by atoms with Crippen molar-refractivity contribution in [1.29, 1.82) is 0 Å². The van der Waals surface area contributed by atoms with Crippen LogP contribution in [0, 0.1) is 5.82 Å². The summed E-state index contributed by atoms with van der Waals surface area (Å²) in [4.78, 5) is 27.6. The molecule has 2 aliphatic rings. The van der Waals surface area contributed by atoms with E-state index in [-0.39, 0.29) is 24.1 Å². The fourth-order valence-corrected chi connectivity index (χ4v) is 4.00. The van der Waals surface area contributed by atoms with Crippen LogP contribution in [0.15, 0.2) is 36.4 Å². The van der Waals surface area contributed by atoms with Gasteiger partial charge in [0.15, 0.2) is 6.61 Å². The van der Waals surface area contributed by atoms with E-state index in [1.807, 2.05) is 0 Å². The molecule has 2 aromatic rings. The van der Waals surface area contributed by atoms with Gasteiger partial charge in [0.05, 0.1) is 5.69 Å². The number of halogens is 2. The molecule has 2 aromatic carbocycles. The average Bonchev–Trinajstić information content (AvgIpc) is 3.15. The molecule has 1 saturated heterocycles. The molecule has 0 N–H and O–H groups in total. The lowest BCUT2D eigenvalue weighted by Gasteiger charge is -2.30. The summed E-state index contributed by atoms with van der Waals surface area (Å²) >= 11 is 6.17. The molecule has 2 heterocycles. The zero-order valence-electron chi connectivity index (χ0n) is 15.3. The van der Waals surface area contributed by atoms with Crippen molar-refractivity contribution in [2.24, 2.45) is 0 Å². The lowest BCUT2D eigenvalue weighted by atomic mass is 10.0. The van der Waals surface area contributed by atoms with Gasteiger partial charge in [0, 0.05) is 30.2 Å². The molecular weight excluding hydrogens is 383 g/mol. The number of hydrogen-bond acceptors (Lipinski definition) is 3. The highest BCUT2D eigenvalue weighted by Crippen LogP contribution is 2.35. The van der Waals surface area contributed by atoms with Gasteiger partial charge < -0.3 is 14.5 Å². The van der Waals surface area contributed by atoms with Crippen LogP contribution in [0.25, 0.3) is 0 Å². The third-order valence-electron chi connectivity index (χ3n) is 5.14. The minimum absolute atomic E-state index is 0.119. The van der Waals surface area contributed by atoms with Gasteiger partial charge in [0.2, 0.25) is 5.91 Å². The van der Waals surface area contributed by atoms with Gasteiger partial charge in [0.25, 0.3) is 5.91 Å². The van der Waals surface area contributed by atoms with Crippen molar-refractivity contribution in [2.75, 3.05) is 29.5 Å². The van der Waals surface area contributed by atoms with Gasteiger partial charge in [0.1, 0.15) is 11.6 Å². The Balaban J connectivity index is 1.43. The van der Waals surface area contributed by atoms with E-state index < -0.39 is 5.82 Å². The summed E-state index contributed by atoms with van der Waals surface area (Å²) in [7, 11) is 0. The number of nitrogens with zero attached hydrogens (tertiary/aromatic N) is 2. The first-order valence-corrected chi connectivity index (χ1v) is 9.73. The molecule has 4 rings (SSSR count). The summed E-state index contributed by atoms with van der Waals surface area (Å²) in [6.07, 6.45) is 2.81. The van der Waals surface area contributed by atoms with Crippen molar-refractivity contribution in [3.8, 4) is 5.75 Å². The zero-order chi connectivity index (χ0) is 19.7. The van der Waals surface area contributed by atoms with Gasteiger partial charge in [-0.15, -0.1) is 0 Å². The van der Waals surface area contributed by atoms with Crippen molar-refractivity contribution < 1.29 is 18.7 Å². The van der Waals surface area contributed by atoms with Crippen LogP contribution in [0.3, 0.4) is 0 Å². The van der Waals surface area contributed by atoms with E-state index in [1.54, 1.807) is 29.2 Å². The maximum Gasteiger partial charge on any atom is 0.265 e. The number of fused-ring (bicyclic) bond motifs is 1. The number of anilines is 2. The minimum Gasteiger partial charge on any atom is -0.484 e. The van der Waals surface area contributed by atoms with Gasteiger partial charge in [-0.1, -0.05) is 11.6 Å². The molecule has 5 nitrogen and oxygen atoms in total. The molecule has 2 aliphatic heterocycles. The summed E-state index contributed by atoms with van der Waals surface area (Å²) in [6.45, 7) is 0.954. The standard InChI is InChI=1S/C21H20ClFN2O3/c22-17-9-10-18(23)21-16(17)3-1-12-25(21)20(27)13-28-15-7-5-14(6-8-15)24-11-2-4-19(24)26/h5-10H,1-4,11-13H2. The van der Waals surface area contributed by atoms with E-state index in [1.165, 1.54) is 17.0 Å². The highest BCUT2D eigenvalue weighted by molar-refractivity contribution is 6.32. The Morgan fingerprint density at radius 2 is 1.82 bits per heavy atom. The van der Waals surface area contributed by atoms with Crippen molar-refractivity contribution in [2.45, 2.75) is 25.7 Å². The number of benzene rings is 2. The summed E-state index contributed by atoms with van der Waals surface area (Å²) < 4.78 is 19.9. The van der Waals surface area contributed by atoms with E-state index in [4.69, 9.17) is 16.3 Å². The number of rotatable bonds is 4. The second-order valence-corrected chi connectivity index (χ2v) is 7.34. The first-order chi connectivity index (χ1) is 13.5. The number of amides is 2. The normalized spacial score (nSPS) is 16.3. The SMILES string of the molecule is O=C1CCCN1c1ccc(OCC(=O)N2CCCc3c(Cl)ccc(F)c32)cc1. The third-order valence-corrected chi connectivity index (χ3v) is 5.49. The highest BCUT2D eigenvalue weighted by atomic mass is 35.5. The first-order valence-electron chi connectivity index (χ1n) is 9.35. The Morgan fingerprint density at radius 1 is 1.07 bits per heavy atom. The largest absolute Gasteiger partial charge is 0.484 e. The second kappa shape index (κ2) is 7.80. The summed E-state index contributed by atoms with van der Waals surface area (Å²) in [5.41, 5.74) is 1.75. The fourth-order valence-electron chi connectivity index (χ4n) is 3.75. The molecule has 2 amide bonds. The Bertz CT molecular complexity index is 917. The number of hydrogen-bond donors (Lipinski definition) is 0. The van der Waals surface area contributed by atoms with Gasteiger partial charge >= 0.3 is 0 Å². The van der Waals surface area contributed by atoms with Crippen LogP contribution < -0.4 is 14.5 Å². The minimum atomic E-state index is -0.452. The Morgan fingerprint density at radius 3 is 2.54 bits per heavy atom. The maximum atomic E-state index is 14.3. The van der Waals surface area contributed by atoms with E-state index >= 15 is 0 Å². The van der Waals surface area contributed by atoms with E-state index in [9.17, 15) is 14.0 Å². The molecule has 7 heteroatoms. The average molecular weight is 403 g/mol. The molecule has 1 fully saturated rings. The van der Waals surface area contributed by atoms with Crippen molar-refractivity contribution >= 4 is 34.8 Å². The number of carbonyl (C=O) groups excluding carboxylic acids is 2. The molecule has 0 radical (unpaired) electrons. The van der Waals surface area contributed by atoms with Gasteiger partial charge in [-0.2, -0.15) is 0 Å². The molecular formula is C21H20ClFN2O3. The van der Waals surface area contributed by atoms with E-state index in [2.05, 4.69) is 0 Å².